The molecule has 0 aliphatic rings. The van der Waals surface area contributed by atoms with E-state index in [0.29, 0.717) is 12.9 Å². The van der Waals surface area contributed by atoms with E-state index in [0.717, 1.165) is 22.6 Å². The van der Waals surface area contributed by atoms with Crippen LogP contribution in [0.2, 0.25) is 0 Å². The van der Waals surface area contributed by atoms with Crippen LogP contribution >= 0.6 is 36.1 Å². The molecule has 0 aliphatic heterocycles. The molecule has 0 saturated heterocycles. The van der Waals surface area contributed by atoms with Crippen LogP contribution in [0.3, 0.4) is 0 Å². The number of hydrogen-bond donors (Lipinski definition) is 0. The summed E-state index contributed by atoms with van der Waals surface area (Å²) < 4.78 is 0. The SMILES string of the molecule is CC(C)[PH+](Cc1cccc(C[PH+](C(C)C)C(C)C)n1)C(C)C.[Cl][Co][Cl]. The van der Waals surface area contributed by atoms with E-state index in [9.17, 15) is 0 Å². The molecular weight excluding hydrogens is 434 g/mol. The zero-order chi connectivity index (χ0) is 19.6. The fourth-order valence-corrected chi connectivity index (χ4v) is 8.82. The number of rotatable bonds is 8. The molecular formula is C19H37Cl2CoNP2+2. The van der Waals surface area contributed by atoms with Gasteiger partial charge in [-0.05, 0) is 67.5 Å². The second kappa shape index (κ2) is 14.1. The third-order valence-electron chi connectivity index (χ3n) is 4.60. The van der Waals surface area contributed by atoms with Gasteiger partial charge in [0.15, 0.2) is 0 Å². The van der Waals surface area contributed by atoms with Crippen LogP contribution in [0.4, 0.5) is 0 Å². The van der Waals surface area contributed by atoms with E-state index in [2.05, 4.69) is 73.6 Å². The van der Waals surface area contributed by atoms with Crippen LogP contribution in [-0.4, -0.2) is 27.6 Å². The molecule has 0 unspecified atom stereocenters. The Morgan fingerprint density at radius 2 is 1.04 bits per heavy atom. The van der Waals surface area contributed by atoms with Gasteiger partial charge in [0, 0.05) is 15.8 Å². The van der Waals surface area contributed by atoms with Crippen molar-refractivity contribution in [2.45, 2.75) is 90.3 Å². The van der Waals surface area contributed by atoms with Crippen molar-refractivity contribution in [2.24, 2.45) is 0 Å². The number of hydrogen-bond acceptors (Lipinski definition) is 1. The summed E-state index contributed by atoms with van der Waals surface area (Å²) >= 11 is 0.382. The molecule has 149 valence electrons. The maximum absolute atomic E-state index is 5.03. The van der Waals surface area contributed by atoms with Gasteiger partial charge in [-0.1, -0.05) is 6.07 Å². The standard InChI is InChI=1S/C19H35NP2.2ClH.Co/c1-14(2)21(15(3)4)12-18-10-9-11-19(20-18)13-22(16(5)6)17(7)8;;;/h9-11,14-17H,12-13H2,1-8H3;2*1H;/q;;;+2. The molecule has 1 aromatic rings. The first-order chi connectivity index (χ1) is 11.6. The van der Waals surface area contributed by atoms with E-state index in [1.54, 1.807) is 0 Å². The molecule has 0 radical (unpaired) electrons. The van der Waals surface area contributed by atoms with Crippen molar-refractivity contribution in [3.8, 4) is 0 Å². The molecule has 0 atom stereocenters. The Hall–Kier alpha value is 1.10. The Bertz CT molecular complexity index is 417. The van der Waals surface area contributed by atoms with Crippen molar-refractivity contribution in [3.63, 3.8) is 0 Å². The third kappa shape index (κ3) is 10.9. The molecule has 6 heteroatoms. The van der Waals surface area contributed by atoms with Crippen LogP contribution in [0.25, 0.3) is 0 Å². The van der Waals surface area contributed by atoms with Gasteiger partial charge in [0.2, 0.25) is 0 Å². The van der Waals surface area contributed by atoms with Crippen LogP contribution in [0.15, 0.2) is 18.2 Å². The van der Waals surface area contributed by atoms with Crippen LogP contribution in [0.1, 0.15) is 66.8 Å². The molecule has 0 aliphatic carbocycles. The third-order valence-corrected chi connectivity index (χ3v) is 12.1. The van der Waals surface area contributed by atoms with E-state index < -0.39 is 0 Å². The van der Waals surface area contributed by atoms with Crippen LogP contribution in [0.5, 0.6) is 0 Å². The van der Waals surface area contributed by atoms with E-state index in [4.69, 9.17) is 25.3 Å². The maximum atomic E-state index is 5.03. The molecule has 25 heavy (non-hydrogen) atoms. The average Bonchev–Trinajstić information content (AvgIpc) is 2.50. The second-order valence-electron chi connectivity index (χ2n) is 7.79. The predicted molar refractivity (Wildman–Crippen MR) is 121 cm³/mol. The van der Waals surface area contributed by atoms with Gasteiger partial charge in [0.25, 0.3) is 0 Å². The summed E-state index contributed by atoms with van der Waals surface area (Å²) in [5.74, 6) is 0. The average molecular weight is 471 g/mol. The molecule has 0 N–H and O–H groups in total. The zero-order valence-electron chi connectivity index (χ0n) is 17.0. The summed E-state index contributed by atoms with van der Waals surface area (Å²) in [5, 5.41) is 0. The van der Waals surface area contributed by atoms with Crippen LogP contribution in [-0.2, 0) is 25.2 Å². The Labute approximate surface area is 173 Å². The van der Waals surface area contributed by atoms with Gasteiger partial charge in [-0.25, -0.2) is 0 Å². The van der Waals surface area contributed by atoms with Gasteiger partial charge in [-0.15, -0.1) is 0 Å². The molecule has 0 aromatic carbocycles. The van der Waals surface area contributed by atoms with E-state index in [-0.39, 0.29) is 15.8 Å². The van der Waals surface area contributed by atoms with Gasteiger partial charge in [-0.3, -0.25) is 4.98 Å². The van der Waals surface area contributed by atoms with Crippen LogP contribution in [0, 0.1) is 0 Å². The summed E-state index contributed by atoms with van der Waals surface area (Å²) in [5.41, 5.74) is 5.95. The Kier molecular flexibility index (Phi) is 14.8. The molecule has 1 nitrogen and oxygen atoms in total. The number of aromatic nitrogens is 1. The first-order valence-corrected chi connectivity index (χ1v) is 15.7. The summed E-state index contributed by atoms with van der Waals surface area (Å²) in [6.07, 6.45) is 2.44. The van der Waals surface area contributed by atoms with Crippen molar-refractivity contribution in [3.05, 3.63) is 29.6 Å². The predicted octanol–water partition coefficient (Wildman–Crippen LogP) is 7.52. The molecule has 0 bridgehead atoms. The van der Waals surface area contributed by atoms with Crippen LogP contribution < -0.4 is 0 Å². The molecule has 1 rings (SSSR count). The Balaban J connectivity index is 0.00000178. The van der Waals surface area contributed by atoms with Crippen molar-refractivity contribution in [1.82, 2.24) is 4.98 Å². The second-order valence-corrected chi connectivity index (χ2v) is 17.1. The normalized spacial score (nSPS) is 12.0. The molecule has 1 aromatic heterocycles. The summed E-state index contributed by atoms with van der Waals surface area (Å²) in [6.45, 7) is 19.1. The fraction of sp³-hybridized carbons (Fsp3) is 0.737. The van der Waals surface area contributed by atoms with Gasteiger partial charge in [0.05, 0.1) is 46.3 Å². The van der Waals surface area contributed by atoms with E-state index >= 15 is 0 Å². The fourth-order valence-electron chi connectivity index (χ4n) is 3.29. The van der Waals surface area contributed by atoms with Crippen molar-refractivity contribution >= 4 is 36.1 Å². The van der Waals surface area contributed by atoms with E-state index in [1.165, 1.54) is 23.7 Å². The zero-order valence-corrected chi connectivity index (χ0v) is 21.5. The van der Waals surface area contributed by atoms with Gasteiger partial charge >= 0.3 is 33.2 Å². The Morgan fingerprint density at radius 1 is 0.760 bits per heavy atom. The Morgan fingerprint density at radius 3 is 1.28 bits per heavy atom. The van der Waals surface area contributed by atoms with Crippen molar-refractivity contribution in [2.75, 3.05) is 0 Å². The number of pyridine rings is 1. The molecule has 0 spiro atoms. The first-order valence-electron chi connectivity index (χ1n) is 9.13. The number of nitrogens with zero attached hydrogens (tertiary/aromatic N) is 1. The minimum absolute atomic E-state index is 0.362. The first kappa shape index (κ1) is 26.1. The number of halogens is 2. The molecule has 0 fully saturated rings. The van der Waals surface area contributed by atoms with Gasteiger partial charge in [0.1, 0.15) is 0 Å². The van der Waals surface area contributed by atoms with Crippen molar-refractivity contribution < 1.29 is 12.9 Å². The summed E-state index contributed by atoms with van der Waals surface area (Å²) in [7, 11) is 8.74. The summed E-state index contributed by atoms with van der Waals surface area (Å²) in [6, 6.07) is 6.73. The quantitative estimate of drug-likeness (QED) is 0.358. The van der Waals surface area contributed by atoms with Crippen molar-refractivity contribution in [1.29, 1.82) is 0 Å². The topological polar surface area (TPSA) is 12.9 Å². The molecule has 0 amide bonds. The molecule has 1 heterocycles. The summed E-state index contributed by atoms with van der Waals surface area (Å²) in [4.78, 5) is 5.03. The van der Waals surface area contributed by atoms with E-state index in [1.807, 2.05) is 0 Å². The minimum atomic E-state index is -0.362. The van der Waals surface area contributed by atoms with Gasteiger partial charge in [-0.2, -0.15) is 0 Å². The van der Waals surface area contributed by atoms with Gasteiger partial charge < -0.3 is 0 Å². The molecule has 0 saturated carbocycles. The monoisotopic (exact) mass is 470 g/mol.